The third kappa shape index (κ3) is 15.2. The van der Waals surface area contributed by atoms with E-state index in [2.05, 4.69) is 309 Å². The first-order valence-corrected chi connectivity index (χ1v) is 41.8. The van der Waals surface area contributed by atoms with Gasteiger partial charge in [-0.05, 0) is 236 Å². The van der Waals surface area contributed by atoms with Gasteiger partial charge in [0.05, 0.1) is 22.3 Å². The molecule has 12 heteroatoms. The largest absolute Gasteiger partial charge is 0.437 e. The van der Waals surface area contributed by atoms with Crippen molar-refractivity contribution in [1.29, 1.82) is 0 Å². The molecule has 0 radical (unpaired) electrons. The molecule has 2 fully saturated rings. The first-order valence-electron chi connectivity index (χ1n) is 41.8. The molecule has 0 spiro atoms. The van der Waals surface area contributed by atoms with Gasteiger partial charge in [-0.25, -0.2) is 38.2 Å². The molecule has 18 rings (SSSR count). The van der Waals surface area contributed by atoms with Gasteiger partial charge < -0.3 is 17.7 Å². The molecule has 2 aliphatic carbocycles. The van der Waals surface area contributed by atoms with Gasteiger partial charge >= 0.3 is 0 Å². The number of aromatic nitrogens is 8. The summed E-state index contributed by atoms with van der Waals surface area (Å²) in [4.78, 5) is 18.5. The van der Waals surface area contributed by atoms with E-state index in [0.717, 1.165) is 130 Å². The van der Waals surface area contributed by atoms with Crippen LogP contribution in [0.5, 0.6) is 0 Å². The maximum Gasteiger partial charge on any atom is 0.227 e. The smallest absolute Gasteiger partial charge is 0.227 e. The molecule has 0 saturated heterocycles. The first kappa shape index (κ1) is 78.6. The van der Waals surface area contributed by atoms with Crippen molar-refractivity contribution in [2.24, 2.45) is 40.0 Å². The fraction of sp³-hybridized carbons (Fsp3) is 0.373. The number of furan rings is 4. The van der Waals surface area contributed by atoms with Crippen molar-refractivity contribution >= 4 is 88.3 Å². The average Bonchev–Trinajstić information content (AvgIpc) is 1.58. The molecule has 0 atom stereocenters. The zero-order valence-electron chi connectivity index (χ0n) is 71.6. The molecular formula is C102H116N8O4+4. The van der Waals surface area contributed by atoms with E-state index >= 15 is 0 Å². The molecule has 0 aliphatic heterocycles. The minimum Gasteiger partial charge on any atom is -0.437 e. The van der Waals surface area contributed by atoms with Crippen LogP contribution in [0, 0.1) is 81.1 Å². The summed E-state index contributed by atoms with van der Waals surface area (Å²) in [6.45, 7) is 39.5. The van der Waals surface area contributed by atoms with Crippen LogP contribution in [0.3, 0.4) is 0 Å². The fourth-order valence-electron chi connectivity index (χ4n) is 18.5. The summed E-state index contributed by atoms with van der Waals surface area (Å²) in [5, 5.41) is 8.88. The topological polar surface area (TPSA) is 120 Å². The summed E-state index contributed by atoms with van der Waals surface area (Å²) in [5.41, 5.74) is 36.5. The Morgan fingerprint density at radius 1 is 0.307 bits per heavy atom. The highest BCUT2D eigenvalue weighted by Crippen LogP contribution is 2.45. The number of nitrogens with zero attached hydrogens (tertiary/aromatic N) is 8. The van der Waals surface area contributed by atoms with Crippen molar-refractivity contribution in [2.75, 3.05) is 0 Å². The zero-order chi connectivity index (χ0) is 80.6. The van der Waals surface area contributed by atoms with E-state index in [4.69, 9.17) is 17.7 Å². The number of fused-ring (bicyclic) bond motifs is 12. The molecule has 2 aliphatic rings. The molecule has 12 aromatic heterocycles. The van der Waals surface area contributed by atoms with E-state index in [1.165, 1.54) is 163 Å². The van der Waals surface area contributed by atoms with Gasteiger partial charge in [0.2, 0.25) is 45.6 Å². The van der Waals surface area contributed by atoms with Gasteiger partial charge in [0.25, 0.3) is 0 Å². The normalized spacial score (nSPS) is 13.6. The monoisotopic (exact) mass is 1520 g/mol. The van der Waals surface area contributed by atoms with E-state index in [-0.39, 0.29) is 0 Å². The van der Waals surface area contributed by atoms with E-state index in [1.807, 2.05) is 27.7 Å². The van der Waals surface area contributed by atoms with Gasteiger partial charge in [0, 0.05) is 112 Å². The third-order valence-corrected chi connectivity index (χ3v) is 24.4. The number of hydrogen-bond donors (Lipinski definition) is 0. The van der Waals surface area contributed by atoms with Crippen molar-refractivity contribution in [2.45, 2.75) is 213 Å². The Morgan fingerprint density at radius 3 is 1.00 bits per heavy atom. The Hall–Kier alpha value is -10.7. The van der Waals surface area contributed by atoms with Crippen LogP contribution in [0.4, 0.5) is 0 Å². The Morgan fingerprint density at radius 2 is 0.623 bits per heavy atom. The minimum absolute atomic E-state index is 0.475. The van der Waals surface area contributed by atoms with Crippen LogP contribution in [-0.2, 0) is 41.0 Å². The molecule has 2 saturated carbocycles. The lowest BCUT2D eigenvalue weighted by molar-refractivity contribution is -0.661. The van der Waals surface area contributed by atoms with Crippen LogP contribution < -0.4 is 18.3 Å². The third-order valence-electron chi connectivity index (χ3n) is 24.4. The molecule has 4 aromatic carbocycles. The predicted molar refractivity (Wildman–Crippen MR) is 468 cm³/mol. The molecule has 12 heterocycles. The first-order chi connectivity index (χ1) is 54.6. The average molecular weight is 1520 g/mol. The second-order valence-corrected chi connectivity index (χ2v) is 35.0. The predicted octanol–water partition coefficient (Wildman–Crippen LogP) is 24.9. The molecule has 0 N–H and O–H groups in total. The minimum atomic E-state index is 0.475. The summed E-state index contributed by atoms with van der Waals surface area (Å²) in [6, 6.07) is 43.7. The molecule has 0 amide bonds. The summed E-state index contributed by atoms with van der Waals surface area (Å²) in [6.07, 6.45) is 22.1. The van der Waals surface area contributed by atoms with E-state index in [0.29, 0.717) is 29.6 Å². The molecule has 584 valence electrons. The van der Waals surface area contributed by atoms with Crippen molar-refractivity contribution in [1.82, 2.24) is 19.9 Å². The lowest BCUT2D eigenvalue weighted by atomic mass is 9.91. The van der Waals surface area contributed by atoms with Crippen LogP contribution in [0.15, 0.2) is 164 Å². The van der Waals surface area contributed by atoms with Crippen molar-refractivity contribution in [3.8, 4) is 45.0 Å². The second kappa shape index (κ2) is 31.9. The van der Waals surface area contributed by atoms with Crippen molar-refractivity contribution < 1.29 is 35.9 Å². The summed E-state index contributed by atoms with van der Waals surface area (Å²) in [5.74, 6) is 3.63. The zero-order valence-corrected chi connectivity index (χ0v) is 71.6. The molecular weight excluding hydrogens is 1400 g/mol. The Labute approximate surface area is 673 Å². The van der Waals surface area contributed by atoms with Crippen molar-refractivity contribution in [3.05, 3.63) is 236 Å². The van der Waals surface area contributed by atoms with Gasteiger partial charge in [0.1, 0.15) is 28.2 Å². The maximum atomic E-state index is 6.33. The standard InChI is InChI=1S/2C26H31N2O.2C25H27N2O/c1-15(2)12-19-14-28(7)23(13-22(19)16(3)4)24-17(5)8-10-20-21-11-9-18(6)27-26(21)29-25(20)24;1-15(2)12-19-13-23(28(7)14-22(19)16(3)4)24-17(5)8-10-20-21-11-9-18(6)27-26(21)29-25(20)24;1-15-9-11-19-20-12-10-17(3)26-25(20)28-24(19)23(15)22-13-21(16(2)14-27(22)4)18-7-5-6-8-18;1-15-9-11-19-20-12-10-17(3)26-25(20)28-24(19)23(15)22-13-16(2)21(14-27(22)4)18-7-5-6-8-18/h2*8-11,13-16H,12H2,1-7H3;2*9-14,18H,5-8H2,1-4H3/q4*+1. The van der Waals surface area contributed by atoms with Gasteiger partial charge in [-0.3, -0.25) is 0 Å². The Balaban J connectivity index is 0.000000120. The summed E-state index contributed by atoms with van der Waals surface area (Å²) < 4.78 is 34.3. The highest BCUT2D eigenvalue weighted by Gasteiger charge is 2.32. The van der Waals surface area contributed by atoms with E-state index < -0.39 is 0 Å². The highest BCUT2D eigenvalue weighted by atomic mass is 16.4. The SMILES string of the molecule is Cc1ccc2c(n1)oc1c(-c3cc(C(C)C)c(CC(C)C)c[n+]3C)c(C)ccc12.Cc1ccc2c(n1)oc1c(-c3cc(C)c(C4CCCC4)c[n+]3C)c(C)ccc12.Cc1ccc2c(n1)oc1c(-c3cc(C4CCCC4)c(C)c[n+]3C)c(C)ccc12.Cc1ccc2c(n1)oc1c(-c3cc(CC(C)C)c(C(C)C)c[n+]3C)c(C)ccc12. The lowest BCUT2D eigenvalue weighted by Crippen LogP contribution is -2.32. The Bertz CT molecular complexity index is 6400. The quantitative estimate of drug-likeness (QED) is 0.111. The van der Waals surface area contributed by atoms with Crippen LogP contribution >= 0.6 is 0 Å². The molecule has 114 heavy (non-hydrogen) atoms. The molecule has 12 nitrogen and oxygen atoms in total. The van der Waals surface area contributed by atoms with Gasteiger partial charge in [-0.15, -0.1) is 0 Å². The van der Waals surface area contributed by atoms with Crippen molar-refractivity contribution in [3.63, 3.8) is 0 Å². The lowest BCUT2D eigenvalue weighted by Gasteiger charge is -2.15. The van der Waals surface area contributed by atoms with E-state index in [1.54, 1.807) is 0 Å². The summed E-state index contributed by atoms with van der Waals surface area (Å²) >= 11 is 0. The maximum absolute atomic E-state index is 6.33. The number of benzene rings is 4. The van der Waals surface area contributed by atoms with Crippen LogP contribution in [0.2, 0.25) is 0 Å². The van der Waals surface area contributed by atoms with Gasteiger partial charge in [-0.1, -0.05) is 130 Å². The van der Waals surface area contributed by atoms with Crippen LogP contribution in [0.25, 0.3) is 133 Å². The number of aryl methyl sites for hydroxylation is 14. The van der Waals surface area contributed by atoms with Crippen LogP contribution in [0.1, 0.15) is 220 Å². The number of pyridine rings is 8. The van der Waals surface area contributed by atoms with Gasteiger partial charge in [-0.2, -0.15) is 0 Å². The van der Waals surface area contributed by atoms with E-state index in [9.17, 15) is 0 Å². The molecule has 0 unspecified atom stereocenters. The summed E-state index contributed by atoms with van der Waals surface area (Å²) in [7, 11) is 8.59. The number of hydrogen-bond acceptors (Lipinski definition) is 8. The number of rotatable bonds is 12. The van der Waals surface area contributed by atoms with Gasteiger partial charge in [0.15, 0.2) is 47.1 Å². The Kier molecular flexibility index (Phi) is 22.0. The molecule has 0 bridgehead atoms. The molecule has 16 aromatic rings. The van der Waals surface area contributed by atoms with Crippen LogP contribution in [-0.4, -0.2) is 19.9 Å². The second-order valence-electron chi connectivity index (χ2n) is 35.0. The fourth-order valence-corrected chi connectivity index (χ4v) is 18.5. The highest BCUT2D eigenvalue weighted by molar-refractivity contribution is 6.12.